The number of aryl methyl sites for hydroxylation is 1. The van der Waals surface area contributed by atoms with Gasteiger partial charge in [0.2, 0.25) is 5.91 Å². The highest BCUT2D eigenvalue weighted by Gasteiger charge is 2.22. The Morgan fingerprint density at radius 2 is 2.00 bits per heavy atom. The monoisotopic (exact) mass is 404 g/mol. The summed E-state index contributed by atoms with van der Waals surface area (Å²) in [6.07, 6.45) is 1.53. The number of aliphatic hydroxyl groups excluding tert-OH is 1. The summed E-state index contributed by atoms with van der Waals surface area (Å²) in [5, 5.41) is 14.9. The SMILES string of the molecule is COC(=O)[C@H](CC(C)C)NC(=O)CN=C/C(C(=O)Nc1cccc(C)n1)=C(\C)O. The van der Waals surface area contributed by atoms with Crippen LogP contribution in [0.15, 0.2) is 34.5 Å². The number of aliphatic imine (C=N–C) groups is 1. The molecule has 0 aliphatic heterocycles. The fraction of sp³-hybridized carbons (Fsp3) is 0.450. The van der Waals surface area contributed by atoms with Gasteiger partial charge in [-0.15, -0.1) is 0 Å². The number of amides is 2. The smallest absolute Gasteiger partial charge is 0.328 e. The number of anilines is 1. The molecular formula is C20H28N4O5. The minimum atomic E-state index is -0.770. The molecule has 0 aliphatic rings. The fourth-order valence-corrected chi connectivity index (χ4v) is 2.40. The number of ether oxygens (including phenoxy) is 1. The van der Waals surface area contributed by atoms with Gasteiger partial charge in [0.05, 0.1) is 12.7 Å². The highest BCUT2D eigenvalue weighted by atomic mass is 16.5. The topological polar surface area (TPSA) is 130 Å². The zero-order valence-electron chi connectivity index (χ0n) is 17.4. The Balaban J connectivity index is 2.74. The molecule has 158 valence electrons. The summed E-state index contributed by atoms with van der Waals surface area (Å²) in [6, 6.07) is 4.36. The number of esters is 1. The van der Waals surface area contributed by atoms with Crippen molar-refractivity contribution >= 4 is 29.8 Å². The summed E-state index contributed by atoms with van der Waals surface area (Å²) >= 11 is 0. The van der Waals surface area contributed by atoms with Crippen LogP contribution in [0.4, 0.5) is 5.82 Å². The molecule has 1 aromatic rings. The van der Waals surface area contributed by atoms with Gasteiger partial charge in [-0.05, 0) is 38.3 Å². The predicted octanol–water partition coefficient (Wildman–Crippen LogP) is 1.94. The minimum Gasteiger partial charge on any atom is -0.512 e. The average molecular weight is 404 g/mol. The molecule has 1 heterocycles. The van der Waals surface area contributed by atoms with Crippen molar-refractivity contribution in [2.75, 3.05) is 19.0 Å². The second-order valence-electron chi connectivity index (χ2n) is 6.86. The number of aromatic nitrogens is 1. The lowest BCUT2D eigenvalue weighted by molar-refractivity contribution is -0.145. The van der Waals surface area contributed by atoms with Crippen molar-refractivity contribution in [3.05, 3.63) is 35.2 Å². The molecule has 3 N–H and O–H groups in total. The van der Waals surface area contributed by atoms with E-state index in [-0.39, 0.29) is 23.8 Å². The molecule has 9 heteroatoms. The average Bonchev–Trinajstić information content (AvgIpc) is 2.63. The van der Waals surface area contributed by atoms with E-state index in [0.29, 0.717) is 12.2 Å². The number of aliphatic hydroxyl groups is 1. The summed E-state index contributed by atoms with van der Waals surface area (Å²) in [5.41, 5.74) is 0.619. The number of allylic oxidation sites excluding steroid dienone is 1. The number of carbonyl (C=O) groups excluding carboxylic acids is 3. The molecule has 0 bridgehead atoms. The van der Waals surface area contributed by atoms with Crippen LogP contribution in [0, 0.1) is 12.8 Å². The number of pyridine rings is 1. The van der Waals surface area contributed by atoms with E-state index < -0.39 is 23.8 Å². The molecular weight excluding hydrogens is 376 g/mol. The molecule has 1 aromatic heterocycles. The Kier molecular flexibility index (Phi) is 9.50. The standard InChI is InChI=1S/C20H28N4O5/c1-12(2)9-16(20(28)29-5)23-18(26)11-21-10-15(14(4)25)19(27)24-17-8-6-7-13(3)22-17/h6-8,10,12,16,25H,9,11H2,1-5H3,(H,23,26)(H,22,24,27)/b15-14-,21-10?/t16-/m0/s1. The van der Waals surface area contributed by atoms with Crippen LogP contribution in [-0.2, 0) is 19.1 Å². The summed E-state index contributed by atoms with van der Waals surface area (Å²) in [7, 11) is 1.25. The van der Waals surface area contributed by atoms with Crippen molar-refractivity contribution in [2.24, 2.45) is 10.9 Å². The van der Waals surface area contributed by atoms with E-state index in [1.165, 1.54) is 14.0 Å². The van der Waals surface area contributed by atoms with Crippen molar-refractivity contribution in [1.82, 2.24) is 10.3 Å². The normalized spacial score (nSPS) is 13.0. The summed E-state index contributed by atoms with van der Waals surface area (Å²) in [5.74, 6) is -1.41. The van der Waals surface area contributed by atoms with Crippen LogP contribution in [0.25, 0.3) is 0 Å². The molecule has 0 aromatic carbocycles. The van der Waals surface area contributed by atoms with E-state index in [0.717, 1.165) is 11.9 Å². The molecule has 0 radical (unpaired) electrons. The van der Waals surface area contributed by atoms with Gasteiger partial charge >= 0.3 is 5.97 Å². The third kappa shape index (κ3) is 8.54. The Hall–Kier alpha value is -3.23. The highest BCUT2D eigenvalue weighted by molar-refractivity contribution is 6.18. The number of hydrogen-bond acceptors (Lipinski definition) is 7. The van der Waals surface area contributed by atoms with Crippen LogP contribution in [0.1, 0.15) is 32.9 Å². The molecule has 2 amide bonds. The van der Waals surface area contributed by atoms with Crippen LogP contribution >= 0.6 is 0 Å². The molecule has 0 unspecified atom stereocenters. The number of methoxy groups -OCH3 is 1. The quantitative estimate of drug-likeness (QED) is 0.250. The zero-order chi connectivity index (χ0) is 22.0. The molecule has 1 rings (SSSR count). The van der Waals surface area contributed by atoms with Crippen molar-refractivity contribution in [3.8, 4) is 0 Å². The van der Waals surface area contributed by atoms with Crippen LogP contribution in [0.5, 0.6) is 0 Å². The summed E-state index contributed by atoms with van der Waals surface area (Å²) in [6.45, 7) is 6.63. The van der Waals surface area contributed by atoms with Crippen molar-refractivity contribution in [3.63, 3.8) is 0 Å². The number of carbonyl (C=O) groups is 3. The second kappa shape index (κ2) is 11.6. The lowest BCUT2D eigenvalue weighted by atomic mass is 10.0. The Morgan fingerprint density at radius 1 is 1.31 bits per heavy atom. The zero-order valence-corrected chi connectivity index (χ0v) is 17.4. The first kappa shape index (κ1) is 23.8. The van der Waals surface area contributed by atoms with Gasteiger partial charge < -0.3 is 20.5 Å². The van der Waals surface area contributed by atoms with Gasteiger partial charge in [-0.3, -0.25) is 14.6 Å². The Morgan fingerprint density at radius 3 is 2.55 bits per heavy atom. The van der Waals surface area contributed by atoms with E-state index in [4.69, 9.17) is 4.74 Å². The van der Waals surface area contributed by atoms with Gasteiger partial charge in [-0.1, -0.05) is 19.9 Å². The van der Waals surface area contributed by atoms with Crippen molar-refractivity contribution in [1.29, 1.82) is 0 Å². The molecule has 0 saturated carbocycles. The van der Waals surface area contributed by atoms with Gasteiger partial charge in [0.15, 0.2) is 0 Å². The van der Waals surface area contributed by atoms with Crippen LogP contribution in [0.2, 0.25) is 0 Å². The van der Waals surface area contributed by atoms with Gasteiger partial charge in [-0.2, -0.15) is 0 Å². The van der Waals surface area contributed by atoms with E-state index in [9.17, 15) is 19.5 Å². The van der Waals surface area contributed by atoms with Crippen molar-refractivity contribution in [2.45, 2.75) is 40.2 Å². The molecule has 1 atom stereocenters. The number of nitrogens with one attached hydrogen (secondary N) is 2. The third-order valence-electron chi connectivity index (χ3n) is 3.75. The maximum atomic E-state index is 12.3. The predicted molar refractivity (Wildman–Crippen MR) is 110 cm³/mol. The lowest BCUT2D eigenvalue weighted by Gasteiger charge is -2.17. The maximum Gasteiger partial charge on any atom is 0.328 e. The first-order valence-electron chi connectivity index (χ1n) is 9.15. The van der Waals surface area contributed by atoms with Gasteiger partial charge in [0.1, 0.15) is 24.2 Å². The maximum absolute atomic E-state index is 12.3. The first-order valence-corrected chi connectivity index (χ1v) is 9.15. The van der Waals surface area contributed by atoms with Crippen LogP contribution < -0.4 is 10.6 Å². The second-order valence-corrected chi connectivity index (χ2v) is 6.86. The lowest BCUT2D eigenvalue weighted by Crippen LogP contribution is -2.43. The van der Waals surface area contributed by atoms with E-state index in [1.807, 2.05) is 13.8 Å². The third-order valence-corrected chi connectivity index (χ3v) is 3.75. The largest absolute Gasteiger partial charge is 0.512 e. The van der Waals surface area contributed by atoms with E-state index in [1.54, 1.807) is 25.1 Å². The molecule has 0 fully saturated rings. The molecule has 0 saturated heterocycles. The van der Waals surface area contributed by atoms with Crippen LogP contribution in [-0.4, -0.2) is 53.8 Å². The first-order chi connectivity index (χ1) is 13.6. The highest BCUT2D eigenvalue weighted by Crippen LogP contribution is 2.08. The van der Waals surface area contributed by atoms with Crippen LogP contribution in [0.3, 0.4) is 0 Å². The molecule has 0 spiro atoms. The minimum absolute atomic E-state index is 0.104. The number of rotatable bonds is 9. The number of hydrogen-bond donors (Lipinski definition) is 3. The number of nitrogens with zero attached hydrogens (tertiary/aromatic N) is 2. The van der Waals surface area contributed by atoms with Gasteiger partial charge in [0.25, 0.3) is 5.91 Å². The molecule has 9 nitrogen and oxygen atoms in total. The van der Waals surface area contributed by atoms with E-state index in [2.05, 4.69) is 20.6 Å². The molecule has 29 heavy (non-hydrogen) atoms. The molecule has 0 aliphatic carbocycles. The summed E-state index contributed by atoms with van der Waals surface area (Å²) < 4.78 is 4.69. The Labute approximate surface area is 170 Å². The van der Waals surface area contributed by atoms with Gasteiger partial charge in [-0.25, -0.2) is 9.78 Å². The Bertz CT molecular complexity index is 798. The van der Waals surface area contributed by atoms with Crippen molar-refractivity contribution < 1.29 is 24.2 Å². The van der Waals surface area contributed by atoms with Gasteiger partial charge in [0, 0.05) is 11.9 Å². The fourth-order valence-electron chi connectivity index (χ4n) is 2.40. The summed E-state index contributed by atoms with van der Waals surface area (Å²) in [4.78, 5) is 44.3. The van der Waals surface area contributed by atoms with E-state index >= 15 is 0 Å².